The summed E-state index contributed by atoms with van der Waals surface area (Å²) in [6.45, 7) is 2.50. The molecule has 6 nitrogen and oxygen atoms in total. The molecular formula is C25H30O6S. The third kappa shape index (κ3) is 5.17. The molecule has 0 unspecified atom stereocenters. The molecule has 2 aliphatic rings. The molecule has 2 aliphatic heterocycles. The zero-order valence-electron chi connectivity index (χ0n) is 18.3. The average Bonchev–Trinajstić information content (AvgIpc) is 3.48. The fourth-order valence-corrected chi connectivity index (χ4v) is 6.41. The molecule has 0 aliphatic carbocycles. The summed E-state index contributed by atoms with van der Waals surface area (Å²) < 4.78 is 42.8. The Hall–Kier alpha value is -2.35. The van der Waals surface area contributed by atoms with Crippen LogP contribution < -0.4 is 4.74 Å². The third-order valence-electron chi connectivity index (χ3n) is 6.00. The summed E-state index contributed by atoms with van der Waals surface area (Å²) in [4.78, 5) is 0. The van der Waals surface area contributed by atoms with Gasteiger partial charge in [-0.2, -0.15) is 0 Å². The Morgan fingerprint density at radius 3 is 2.72 bits per heavy atom. The summed E-state index contributed by atoms with van der Waals surface area (Å²) in [7, 11) is -3.24. The Morgan fingerprint density at radius 1 is 1.19 bits per heavy atom. The maximum Gasteiger partial charge on any atom is 0.163 e. The van der Waals surface area contributed by atoms with Gasteiger partial charge in [-0.05, 0) is 60.8 Å². The lowest BCUT2D eigenvalue weighted by molar-refractivity contribution is 0.117. The molecule has 7 heteroatoms. The van der Waals surface area contributed by atoms with Crippen molar-refractivity contribution in [2.75, 3.05) is 19.0 Å². The number of allylic oxidation sites excluding steroid dienone is 1. The van der Waals surface area contributed by atoms with E-state index in [1.165, 1.54) is 5.57 Å². The van der Waals surface area contributed by atoms with Crippen molar-refractivity contribution in [3.8, 4) is 5.75 Å². The van der Waals surface area contributed by atoms with E-state index in [-0.39, 0.29) is 31.7 Å². The number of aliphatic hydroxyl groups is 1. The molecule has 1 fully saturated rings. The molecule has 0 saturated carbocycles. The number of hydrogen-bond acceptors (Lipinski definition) is 6. The van der Waals surface area contributed by atoms with Crippen LogP contribution in [0.25, 0.3) is 6.08 Å². The summed E-state index contributed by atoms with van der Waals surface area (Å²) in [5, 5.41) is 8.67. The molecule has 2 atom stereocenters. The van der Waals surface area contributed by atoms with E-state index in [0.29, 0.717) is 5.76 Å². The molecule has 4 rings (SSSR count). The van der Waals surface area contributed by atoms with Crippen LogP contribution in [0.4, 0.5) is 0 Å². The lowest BCUT2D eigenvalue weighted by Gasteiger charge is -2.15. The van der Waals surface area contributed by atoms with Crippen molar-refractivity contribution in [3.05, 3.63) is 70.7 Å². The SMILES string of the molecule is CCC/C(=C\c1ccc(CO)o1)CC[C@H]1OC[C@H]2C1=C(COc1ccccc1)CS2(=O)=O. The maximum atomic E-state index is 12.7. The number of hydrogen-bond donors (Lipinski definition) is 1. The van der Waals surface area contributed by atoms with Crippen LogP contribution in [0.5, 0.6) is 5.75 Å². The molecule has 32 heavy (non-hydrogen) atoms. The number of aliphatic hydroxyl groups excluding tert-OH is 1. The Balaban J connectivity index is 1.48. The van der Waals surface area contributed by atoms with Crippen LogP contribution in [-0.2, 0) is 21.2 Å². The van der Waals surface area contributed by atoms with E-state index in [2.05, 4.69) is 6.92 Å². The summed E-state index contributed by atoms with van der Waals surface area (Å²) in [5.74, 6) is 2.04. The van der Waals surface area contributed by atoms with Gasteiger partial charge in [0.25, 0.3) is 0 Å². The molecule has 1 aromatic carbocycles. The van der Waals surface area contributed by atoms with E-state index < -0.39 is 15.1 Å². The molecule has 172 valence electrons. The van der Waals surface area contributed by atoms with E-state index in [0.717, 1.165) is 48.3 Å². The lowest BCUT2D eigenvalue weighted by Crippen LogP contribution is -2.19. The minimum atomic E-state index is -3.24. The first-order valence-corrected chi connectivity index (χ1v) is 12.8. The number of ether oxygens (including phenoxy) is 2. The number of rotatable bonds is 10. The highest BCUT2D eigenvalue weighted by Crippen LogP contribution is 2.39. The van der Waals surface area contributed by atoms with Gasteiger partial charge >= 0.3 is 0 Å². The number of benzene rings is 1. The van der Waals surface area contributed by atoms with Crippen LogP contribution in [0.3, 0.4) is 0 Å². The molecule has 2 aromatic rings. The van der Waals surface area contributed by atoms with Crippen molar-refractivity contribution in [1.82, 2.24) is 0 Å². The molecule has 1 N–H and O–H groups in total. The van der Waals surface area contributed by atoms with Crippen LogP contribution in [-0.4, -0.2) is 43.8 Å². The predicted molar refractivity (Wildman–Crippen MR) is 123 cm³/mol. The molecule has 0 radical (unpaired) electrons. The Bertz CT molecular complexity index is 1080. The van der Waals surface area contributed by atoms with Gasteiger partial charge in [0.2, 0.25) is 0 Å². The first kappa shape index (κ1) is 22.8. The van der Waals surface area contributed by atoms with Gasteiger partial charge in [0.05, 0.1) is 18.5 Å². The van der Waals surface area contributed by atoms with Crippen molar-refractivity contribution >= 4 is 15.9 Å². The van der Waals surface area contributed by atoms with E-state index in [1.807, 2.05) is 42.5 Å². The highest BCUT2D eigenvalue weighted by atomic mass is 32.2. The Labute approximate surface area is 189 Å². The fraction of sp³-hybridized carbons (Fsp3) is 0.440. The standard InChI is InChI=1S/C25H30O6S/c1-2-6-18(13-21-10-11-22(14-26)31-21)9-12-23-25-19(15-29-20-7-4-3-5-8-20)17-32(27,28)24(25)16-30-23/h3-5,7-8,10-11,13,23-24,26H,2,6,9,12,14-17H2,1H3/b18-13+/t23-,24+/m1/s1. The molecule has 0 bridgehead atoms. The Kier molecular flexibility index (Phi) is 7.18. The van der Waals surface area contributed by atoms with E-state index in [9.17, 15) is 13.5 Å². The second-order valence-electron chi connectivity index (χ2n) is 8.33. The average molecular weight is 459 g/mol. The monoisotopic (exact) mass is 458 g/mol. The van der Waals surface area contributed by atoms with E-state index >= 15 is 0 Å². The summed E-state index contributed by atoms with van der Waals surface area (Å²) in [6, 6.07) is 13.1. The van der Waals surface area contributed by atoms with Crippen molar-refractivity contribution in [3.63, 3.8) is 0 Å². The Morgan fingerprint density at radius 2 is 2.00 bits per heavy atom. The van der Waals surface area contributed by atoms with Crippen LogP contribution >= 0.6 is 0 Å². The topological polar surface area (TPSA) is 86.0 Å². The zero-order chi connectivity index (χ0) is 22.6. The highest BCUT2D eigenvalue weighted by molar-refractivity contribution is 7.92. The molecule has 1 aromatic heterocycles. The molecular weight excluding hydrogens is 428 g/mol. The van der Waals surface area contributed by atoms with E-state index in [4.69, 9.17) is 13.9 Å². The molecule has 1 saturated heterocycles. The number of fused-ring (bicyclic) bond motifs is 1. The lowest BCUT2D eigenvalue weighted by atomic mass is 9.96. The fourth-order valence-electron chi connectivity index (χ4n) is 4.49. The van der Waals surface area contributed by atoms with Gasteiger partial charge in [-0.15, -0.1) is 0 Å². The number of sulfone groups is 1. The molecule has 3 heterocycles. The predicted octanol–water partition coefficient (Wildman–Crippen LogP) is 4.31. The maximum absolute atomic E-state index is 12.7. The second kappa shape index (κ2) is 10.1. The van der Waals surface area contributed by atoms with Crippen LogP contribution in [0.15, 0.2) is 63.6 Å². The van der Waals surface area contributed by atoms with Crippen molar-refractivity contribution in [1.29, 1.82) is 0 Å². The highest BCUT2D eigenvalue weighted by Gasteiger charge is 2.46. The van der Waals surface area contributed by atoms with Crippen LogP contribution in [0.1, 0.15) is 44.1 Å². The van der Waals surface area contributed by atoms with E-state index in [1.54, 1.807) is 6.07 Å². The van der Waals surface area contributed by atoms with Gasteiger partial charge < -0.3 is 19.0 Å². The molecule has 0 amide bonds. The van der Waals surface area contributed by atoms with Crippen molar-refractivity contribution in [2.24, 2.45) is 0 Å². The first-order valence-electron chi connectivity index (χ1n) is 11.1. The summed E-state index contributed by atoms with van der Waals surface area (Å²) in [5.41, 5.74) is 2.96. The number of para-hydroxylation sites is 1. The smallest absolute Gasteiger partial charge is 0.163 e. The van der Waals surface area contributed by atoms with Crippen LogP contribution in [0.2, 0.25) is 0 Å². The van der Waals surface area contributed by atoms with Gasteiger partial charge in [-0.3, -0.25) is 0 Å². The van der Waals surface area contributed by atoms with Crippen molar-refractivity contribution < 1.29 is 27.4 Å². The zero-order valence-corrected chi connectivity index (χ0v) is 19.1. The molecule has 0 spiro atoms. The van der Waals surface area contributed by atoms with Gasteiger partial charge in [-0.25, -0.2) is 8.42 Å². The quantitative estimate of drug-likeness (QED) is 0.534. The summed E-state index contributed by atoms with van der Waals surface area (Å²) in [6.07, 6.45) is 5.24. The second-order valence-corrected chi connectivity index (χ2v) is 10.5. The van der Waals surface area contributed by atoms with Crippen LogP contribution in [0, 0.1) is 0 Å². The summed E-state index contributed by atoms with van der Waals surface area (Å²) >= 11 is 0. The van der Waals surface area contributed by atoms with Gasteiger partial charge in [-0.1, -0.05) is 37.1 Å². The number of furan rings is 1. The minimum absolute atomic E-state index is 0.0493. The normalized spacial score (nSPS) is 22.4. The van der Waals surface area contributed by atoms with Crippen molar-refractivity contribution in [2.45, 2.75) is 50.6 Å². The first-order chi connectivity index (χ1) is 15.5. The van der Waals surface area contributed by atoms with Gasteiger partial charge in [0, 0.05) is 0 Å². The van der Waals surface area contributed by atoms with Gasteiger partial charge in [0.15, 0.2) is 9.84 Å². The minimum Gasteiger partial charge on any atom is -0.489 e. The largest absolute Gasteiger partial charge is 0.489 e. The third-order valence-corrected chi connectivity index (χ3v) is 8.01. The van der Waals surface area contributed by atoms with Gasteiger partial charge in [0.1, 0.15) is 35.7 Å².